The molecule has 1 N–H and O–H groups in total. The van der Waals surface area contributed by atoms with Gasteiger partial charge < -0.3 is 9.88 Å². The molecule has 2 heterocycles. The fourth-order valence-corrected chi connectivity index (χ4v) is 3.54. The maximum Gasteiger partial charge on any atom is 0.0512 e. The van der Waals surface area contributed by atoms with E-state index in [1.165, 1.54) is 59.8 Å². The van der Waals surface area contributed by atoms with Gasteiger partial charge in [-0.1, -0.05) is 18.6 Å². The zero-order valence-electron chi connectivity index (χ0n) is 12.3. The smallest absolute Gasteiger partial charge is 0.0512 e. The van der Waals surface area contributed by atoms with Crippen molar-refractivity contribution in [3.63, 3.8) is 0 Å². The van der Waals surface area contributed by atoms with E-state index < -0.39 is 0 Å². The van der Waals surface area contributed by atoms with E-state index in [2.05, 4.69) is 49.1 Å². The second-order valence-corrected chi connectivity index (χ2v) is 6.04. The van der Waals surface area contributed by atoms with Crippen molar-refractivity contribution in [1.29, 1.82) is 0 Å². The summed E-state index contributed by atoms with van der Waals surface area (Å²) in [6, 6.07) is 5.16. The third kappa shape index (κ3) is 2.30. The van der Waals surface area contributed by atoms with Gasteiger partial charge in [0.15, 0.2) is 0 Å². The van der Waals surface area contributed by atoms with Gasteiger partial charge in [-0.3, -0.25) is 0 Å². The Morgan fingerprint density at radius 1 is 1.21 bits per heavy atom. The Balaban J connectivity index is 2.01. The number of aromatic nitrogens is 1. The first-order valence-electron chi connectivity index (χ1n) is 7.44. The Morgan fingerprint density at radius 2 is 2.00 bits per heavy atom. The van der Waals surface area contributed by atoms with Crippen LogP contribution in [0.2, 0.25) is 0 Å². The average molecular weight is 256 g/mol. The van der Waals surface area contributed by atoms with Crippen molar-refractivity contribution in [3.05, 3.63) is 35.0 Å². The van der Waals surface area contributed by atoms with Crippen LogP contribution in [0, 0.1) is 13.8 Å². The number of benzene rings is 1. The minimum Gasteiger partial charge on any atom is -0.350 e. The second-order valence-electron chi connectivity index (χ2n) is 6.04. The van der Waals surface area contributed by atoms with Gasteiger partial charge in [-0.25, -0.2) is 0 Å². The van der Waals surface area contributed by atoms with Gasteiger partial charge in [0, 0.05) is 24.7 Å². The predicted molar refractivity (Wildman–Crippen MR) is 81.7 cm³/mol. The Morgan fingerprint density at radius 3 is 2.74 bits per heavy atom. The van der Waals surface area contributed by atoms with Gasteiger partial charge in [0.05, 0.1) is 5.52 Å². The SMILES string of the molecule is Cc1ccc(C)c2c1c(CC1CCCCN1)cn2C. The van der Waals surface area contributed by atoms with Gasteiger partial charge in [-0.05, 0) is 56.3 Å². The van der Waals surface area contributed by atoms with Crippen LogP contribution in [0.1, 0.15) is 36.0 Å². The second kappa shape index (κ2) is 5.01. The van der Waals surface area contributed by atoms with Crippen LogP contribution < -0.4 is 5.32 Å². The van der Waals surface area contributed by atoms with Crippen LogP contribution in [0.25, 0.3) is 10.9 Å². The molecule has 1 aliphatic heterocycles. The minimum absolute atomic E-state index is 0.666. The minimum atomic E-state index is 0.666. The molecule has 0 saturated carbocycles. The Labute approximate surface area is 115 Å². The lowest BCUT2D eigenvalue weighted by Crippen LogP contribution is -2.35. The van der Waals surface area contributed by atoms with Crippen LogP contribution in [0.3, 0.4) is 0 Å². The first-order chi connectivity index (χ1) is 9.16. The summed E-state index contributed by atoms with van der Waals surface area (Å²) in [5, 5.41) is 5.15. The average Bonchev–Trinajstić information content (AvgIpc) is 2.73. The van der Waals surface area contributed by atoms with Crippen molar-refractivity contribution >= 4 is 10.9 Å². The van der Waals surface area contributed by atoms with E-state index in [4.69, 9.17) is 0 Å². The topological polar surface area (TPSA) is 17.0 Å². The Kier molecular flexibility index (Phi) is 3.36. The fraction of sp³-hybridized carbons (Fsp3) is 0.529. The molecule has 102 valence electrons. The lowest BCUT2D eigenvalue weighted by atomic mass is 9.95. The molecule has 19 heavy (non-hydrogen) atoms. The molecule has 1 fully saturated rings. The van der Waals surface area contributed by atoms with E-state index >= 15 is 0 Å². The molecule has 0 spiro atoms. The summed E-state index contributed by atoms with van der Waals surface area (Å²) < 4.78 is 2.30. The molecule has 1 aliphatic rings. The predicted octanol–water partition coefficient (Wildman–Crippen LogP) is 3.48. The highest BCUT2D eigenvalue weighted by molar-refractivity contribution is 5.89. The Bertz CT molecular complexity index is 589. The number of rotatable bonds is 2. The monoisotopic (exact) mass is 256 g/mol. The molecule has 1 aromatic heterocycles. The highest BCUT2D eigenvalue weighted by Crippen LogP contribution is 2.28. The highest BCUT2D eigenvalue weighted by atomic mass is 14.9. The van der Waals surface area contributed by atoms with Gasteiger partial charge in [0.1, 0.15) is 0 Å². The summed E-state index contributed by atoms with van der Waals surface area (Å²) in [4.78, 5) is 0. The van der Waals surface area contributed by atoms with Gasteiger partial charge in [-0.2, -0.15) is 0 Å². The molecular formula is C17H24N2. The van der Waals surface area contributed by atoms with Crippen molar-refractivity contribution in [1.82, 2.24) is 9.88 Å². The van der Waals surface area contributed by atoms with E-state index in [0.717, 1.165) is 0 Å². The molecule has 1 saturated heterocycles. The molecule has 1 unspecified atom stereocenters. The molecule has 3 rings (SSSR count). The maximum atomic E-state index is 3.67. The van der Waals surface area contributed by atoms with Crippen LogP contribution in [0.15, 0.2) is 18.3 Å². The number of nitrogens with one attached hydrogen (secondary N) is 1. The summed E-state index contributed by atoms with van der Waals surface area (Å²) in [5.41, 5.74) is 5.71. The van der Waals surface area contributed by atoms with Crippen molar-refractivity contribution in [3.8, 4) is 0 Å². The lowest BCUT2D eigenvalue weighted by molar-refractivity contribution is 0.400. The summed E-state index contributed by atoms with van der Waals surface area (Å²) >= 11 is 0. The molecule has 1 atom stereocenters. The Hall–Kier alpha value is -1.28. The zero-order valence-corrected chi connectivity index (χ0v) is 12.3. The van der Waals surface area contributed by atoms with Gasteiger partial charge >= 0.3 is 0 Å². The van der Waals surface area contributed by atoms with Crippen LogP contribution in [0.4, 0.5) is 0 Å². The highest BCUT2D eigenvalue weighted by Gasteiger charge is 2.17. The first-order valence-corrected chi connectivity index (χ1v) is 7.44. The van der Waals surface area contributed by atoms with E-state index in [1.807, 2.05) is 0 Å². The molecule has 2 heteroatoms. The van der Waals surface area contributed by atoms with E-state index in [-0.39, 0.29) is 0 Å². The summed E-state index contributed by atoms with van der Waals surface area (Å²) in [6.45, 7) is 5.64. The van der Waals surface area contributed by atoms with Crippen molar-refractivity contribution in [2.45, 2.75) is 45.6 Å². The van der Waals surface area contributed by atoms with Crippen LogP contribution in [-0.4, -0.2) is 17.2 Å². The third-order valence-electron chi connectivity index (χ3n) is 4.49. The molecule has 2 aromatic rings. The normalized spacial score (nSPS) is 20.1. The largest absolute Gasteiger partial charge is 0.350 e. The molecule has 0 bridgehead atoms. The van der Waals surface area contributed by atoms with Crippen molar-refractivity contribution in [2.24, 2.45) is 7.05 Å². The van der Waals surface area contributed by atoms with Crippen molar-refractivity contribution in [2.75, 3.05) is 6.54 Å². The zero-order chi connectivity index (χ0) is 13.4. The summed E-state index contributed by atoms with van der Waals surface area (Å²) in [7, 11) is 2.17. The number of fused-ring (bicyclic) bond motifs is 1. The number of aryl methyl sites for hydroxylation is 3. The van der Waals surface area contributed by atoms with Crippen molar-refractivity contribution < 1.29 is 0 Å². The summed E-state index contributed by atoms with van der Waals surface area (Å²) in [5.74, 6) is 0. The number of hydrogen-bond donors (Lipinski definition) is 1. The van der Waals surface area contributed by atoms with E-state index in [0.29, 0.717) is 6.04 Å². The third-order valence-corrected chi connectivity index (χ3v) is 4.49. The fourth-order valence-electron chi connectivity index (χ4n) is 3.54. The number of hydrogen-bond acceptors (Lipinski definition) is 1. The molecule has 0 radical (unpaired) electrons. The van der Waals surface area contributed by atoms with Crippen LogP contribution in [0.5, 0.6) is 0 Å². The lowest BCUT2D eigenvalue weighted by Gasteiger charge is -2.23. The molecular weight excluding hydrogens is 232 g/mol. The first kappa shape index (κ1) is 12.7. The number of piperidine rings is 1. The molecule has 1 aromatic carbocycles. The van der Waals surface area contributed by atoms with E-state index in [1.54, 1.807) is 0 Å². The molecule has 2 nitrogen and oxygen atoms in total. The maximum absolute atomic E-state index is 3.67. The number of nitrogens with zero attached hydrogens (tertiary/aromatic N) is 1. The molecule has 0 amide bonds. The summed E-state index contributed by atoms with van der Waals surface area (Å²) in [6.07, 6.45) is 7.54. The van der Waals surface area contributed by atoms with Crippen LogP contribution in [-0.2, 0) is 13.5 Å². The quantitative estimate of drug-likeness (QED) is 0.870. The van der Waals surface area contributed by atoms with Gasteiger partial charge in [-0.15, -0.1) is 0 Å². The van der Waals surface area contributed by atoms with E-state index in [9.17, 15) is 0 Å². The van der Waals surface area contributed by atoms with Gasteiger partial charge in [0.2, 0.25) is 0 Å². The standard InChI is InChI=1S/C17H24N2/c1-12-7-8-13(2)17-16(12)14(11-19(17)3)10-15-6-4-5-9-18-15/h7-8,11,15,18H,4-6,9-10H2,1-3H3. The van der Waals surface area contributed by atoms with Crippen LogP contribution >= 0.6 is 0 Å². The van der Waals surface area contributed by atoms with Gasteiger partial charge in [0.25, 0.3) is 0 Å². The molecule has 0 aliphatic carbocycles.